The number of aliphatic imine (C=N–C) groups is 1. The van der Waals surface area contributed by atoms with Crippen molar-refractivity contribution in [2.24, 2.45) is 21.6 Å². The van der Waals surface area contributed by atoms with Crippen LogP contribution in [0.2, 0.25) is 5.02 Å². The van der Waals surface area contributed by atoms with E-state index in [-0.39, 0.29) is 0 Å². The van der Waals surface area contributed by atoms with Gasteiger partial charge in [-0.15, -0.1) is 5.10 Å². The Hall–Kier alpha value is -2.21. The van der Waals surface area contributed by atoms with Gasteiger partial charge in [-0.2, -0.15) is 5.01 Å². The van der Waals surface area contributed by atoms with Gasteiger partial charge < -0.3 is 16.2 Å². The van der Waals surface area contributed by atoms with Crippen molar-refractivity contribution in [2.45, 2.75) is 6.35 Å². The van der Waals surface area contributed by atoms with Gasteiger partial charge in [-0.3, -0.25) is 0 Å². The molecule has 2 heterocycles. The number of benzene rings is 1. The molecule has 7 heteroatoms. The SMILES string of the molecule is NC1=CC(N)=NC2OC(c3ccc(Cl)cc3)=NN12. The molecule has 2 aliphatic rings. The zero-order chi connectivity index (χ0) is 12.7. The highest BCUT2D eigenvalue weighted by Gasteiger charge is 2.32. The first-order valence-corrected chi connectivity index (χ1v) is 5.62. The fourth-order valence-corrected chi connectivity index (χ4v) is 1.81. The number of fused-ring (bicyclic) bond motifs is 1. The summed E-state index contributed by atoms with van der Waals surface area (Å²) in [6.45, 7) is 0. The van der Waals surface area contributed by atoms with E-state index < -0.39 is 6.35 Å². The maximum Gasteiger partial charge on any atom is 0.294 e. The first kappa shape index (κ1) is 10.9. The number of ether oxygens (including phenoxy) is 1. The largest absolute Gasteiger partial charge is 0.429 e. The Labute approximate surface area is 108 Å². The molecule has 0 aromatic heterocycles. The molecule has 1 aromatic rings. The van der Waals surface area contributed by atoms with E-state index in [1.54, 1.807) is 12.1 Å². The summed E-state index contributed by atoms with van der Waals surface area (Å²) >= 11 is 5.82. The van der Waals surface area contributed by atoms with Crippen LogP contribution in [0, 0.1) is 0 Å². The first-order valence-electron chi connectivity index (χ1n) is 5.24. The molecular weight excluding hydrogens is 254 g/mol. The Morgan fingerprint density at radius 1 is 1.22 bits per heavy atom. The van der Waals surface area contributed by atoms with Gasteiger partial charge in [-0.1, -0.05) is 11.6 Å². The van der Waals surface area contributed by atoms with E-state index >= 15 is 0 Å². The highest BCUT2D eigenvalue weighted by Crippen LogP contribution is 2.23. The van der Waals surface area contributed by atoms with Crippen LogP contribution in [0.4, 0.5) is 0 Å². The number of halogens is 1. The standard InChI is InChI=1S/C11H10ClN5O/c12-7-3-1-6(2-4-7)10-16-17-9(14)5-8(13)15-11(17)18-10/h1-5,11H,14H2,(H2,13,15). The van der Waals surface area contributed by atoms with Crippen LogP contribution in [0.15, 0.2) is 46.3 Å². The molecule has 0 radical (unpaired) electrons. The Bertz CT molecular complexity index is 578. The van der Waals surface area contributed by atoms with Crippen LogP contribution in [0.25, 0.3) is 0 Å². The lowest BCUT2D eigenvalue weighted by atomic mass is 10.2. The normalized spacial score (nSPS) is 21.7. The molecule has 1 atom stereocenters. The summed E-state index contributed by atoms with van der Waals surface area (Å²) in [6.07, 6.45) is 0.912. The summed E-state index contributed by atoms with van der Waals surface area (Å²) in [5.41, 5.74) is 12.2. The van der Waals surface area contributed by atoms with Gasteiger partial charge in [0.2, 0.25) is 5.90 Å². The Morgan fingerprint density at radius 2 is 1.94 bits per heavy atom. The molecule has 0 amide bonds. The van der Waals surface area contributed by atoms with Gasteiger partial charge >= 0.3 is 0 Å². The number of nitrogens with zero attached hydrogens (tertiary/aromatic N) is 3. The van der Waals surface area contributed by atoms with Crippen molar-refractivity contribution in [3.63, 3.8) is 0 Å². The molecule has 0 spiro atoms. The lowest BCUT2D eigenvalue weighted by molar-refractivity contribution is 0.0889. The summed E-state index contributed by atoms with van der Waals surface area (Å²) in [5.74, 6) is 1.16. The fraction of sp³-hybridized carbons (Fsp3) is 0.0909. The lowest BCUT2D eigenvalue weighted by Gasteiger charge is -2.21. The van der Waals surface area contributed by atoms with Crippen LogP contribution >= 0.6 is 11.6 Å². The van der Waals surface area contributed by atoms with Gasteiger partial charge in [-0.05, 0) is 24.3 Å². The van der Waals surface area contributed by atoms with Crippen LogP contribution < -0.4 is 11.5 Å². The van der Waals surface area contributed by atoms with Crippen molar-refractivity contribution in [1.82, 2.24) is 5.01 Å². The molecule has 0 saturated heterocycles. The summed E-state index contributed by atoms with van der Waals surface area (Å²) < 4.78 is 5.58. The highest BCUT2D eigenvalue weighted by atomic mass is 35.5. The summed E-state index contributed by atoms with van der Waals surface area (Å²) in [4.78, 5) is 4.09. The second-order valence-corrected chi connectivity index (χ2v) is 4.26. The molecule has 0 fully saturated rings. The number of nitrogens with two attached hydrogens (primary N) is 2. The molecule has 0 aliphatic carbocycles. The van der Waals surface area contributed by atoms with Crippen LogP contribution in [0.1, 0.15) is 5.56 Å². The van der Waals surface area contributed by atoms with E-state index in [4.69, 9.17) is 27.8 Å². The number of rotatable bonds is 1. The zero-order valence-corrected chi connectivity index (χ0v) is 10.0. The average molecular weight is 264 g/mol. The van der Waals surface area contributed by atoms with Crippen molar-refractivity contribution in [3.8, 4) is 0 Å². The van der Waals surface area contributed by atoms with E-state index in [2.05, 4.69) is 10.1 Å². The smallest absolute Gasteiger partial charge is 0.294 e. The van der Waals surface area contributed by atoms with Gasteiger partial charge in [0.05, 0.1) is 0 Å². The van der Waals surface area contributed by atoms with E-state index in [1.807, 2.05) is 12.1 Å². The topological polar surface area (TPSA) is 89.2 Å². The number of hydrogen-bond acceptors (Lipinski definition) is 6. The van der Waals surface area contributed by atoms with Crippen LogP contribution in [-0.2, 0) is 4.74 Å². The average Bonchev–Trinajstić information content (AvgIpc) is 2.74. The molecular formula is C11H10ClN5O. The Morgan fingerprint density at radius 3 is 2.67 bits per heavy atom. The monoisotopic (exact) mass is 263 g/mol. The van der Waals surface area contributed by atoms with Gasteiger partial charge in [0.15, 0.2) is 0 Å². The van der Waals surface area contributed by atoms with Crippen molar-refractivity contribution in [2.75, 3.05) is 0 Å². The molecule has 4 N–H and O–H groups in total. The number of hydrogen-bond donors (Lipinski definition) is 2. The minimum absolute atomic E-state index is 0.321. The molecule has 0 saturated carbocycles. The molecule has 6 nitrogen and oxygen atoms in total. The first-order chi connectivity index (χ1) is 8.63. The second-order valence-electron chi connectivity index (χ2n) is 3.82. The molecule has 0 bridgehead atoms. The van der Waals surface area contributed by atoms with Crippen molar-refractivity contribution in [1.29, 1.82) is 0 Å². The van der Waals surface area contributed by atoms with Gasteiger partial charge in [-0.25, -0.2) is 4.99 Å². The molecule has 3 rings (SSSR count). The molecule has 1 unspecified atom stereocenters. The maximum atomic E-state index is 5.82. The third kappa shape index (κ3) is 1.76. The quantitative estimate of drug-likeness (QED) is 0.784. The lowest BCUT2D eigenvalue weighted by Crippen LogP contribution is -2.36. The predicted octanol–water partition coefficient (Wildman–Crippen LogP) is 0.788. The van der Waals surface area contributed by atoms with E-state index in [0.29, 0.717) is 22.6 Å². The molecule has 2 aliphatic heterocycles. The van der Waals surface area contributed by atoms with E-state index in [0.717, 1.165) is 5.56 Å². The van der Waals surface area contributed by atoms with Gasteiger partial charge in [0.1, 0.15) is 11.7 Å². The number of hydrazone groups is 1. The second kappa shape index (κ2) is 3.92. The summed E-state index contributed by atoms with van der Waals surface area (Å²) in [6, 6.07) is 7.15. The van der Waals surface area contributed by atoms with Gasteiger partial charge in [0.25, 0.3) is 6.35 Å². The third-order valence-electron chi connectivity index (χ3n) is 2.54. The molecule has 18 heavy (non-hydrogen) atoms. The predicted molar refractivity (Wildman–Crippen MR) is 68.6 cm³/mol. The maximum absolute atomic E-state index is 5.82. The van der Waals surface area contributed by atoms with Gasteiger partial charge in [0, 0.05) is 16.7 Å². The Balaban J connectivity index is 1.92. The van der Waals surface area contributed by atoms with Crippen LogP contribution in [0.3, 0.4) is 0 Å². The third-order valence-corrected chi connectivity index (χ3v) is 2.79. The van der Waals surface area contributed by atoms with Crippen molar-refractivity contribution < 1.29 is 4.74 Å². The summed E-state index contributed by atoms with van der Waals surface area (Å²) in [5, 5.41) is 6.38. The zero-order valence-electron chi connectivity index (χ0n) is 9.25. The molecule has 1 aromatic carbocycles. The van der Waals surface area contributed by atoms with E-state index in [1.165, 1.54) is 11.1 Å². The van der Waals surface area contributed by atoms with Crippen molar-refractivity contribution >= 4 is 23.3 Å². The Kier molecular flexibility index (Phi) is 2.38. The molecule has 92 valence electrons. The summed E-state index contributed by atoms with van der Waals surface area (Å²) in [7, 11) is 0. The fourth-order valence-electron chi connectivity index (χ4n) is 1.69. The van der Waals surface area contributed by atoms with Crippen molar-refractivity contribution in [3.05, 3.63) is 46.7 Å². The number of amidine groups is 1. The minimum Gasteiger partial charge on any atom is -0.429 e. The highest BCUT2D eigenvalue weighted by molar-refractivity contribution is 6.30. The minimum atomic E-state index is -0.624. The van der Waals surface area contributed by atoms with Crippen LogP contribution in [-0.4, -0.2) is 23.1 Å². The van der Waals surface area contributed by atoms with Crippen LogP contribution in [0.5, 0.6) is 0 Å². The van der Waals surface area contributed by atoms with E-state index in [9.17, 15) is 0 Å².